The van der Waals surface area contributed by atoms with Crippen molar-refractivity contribution in [2.75, 3.05) is 5.43 Å². The van der Waals surface area contributed by atoms with E-state index in [0.717, 1.165) is 11.4 Å². The third-order valence-electron chi connectivity index (χ3n) is 1.91. The molecule has 13 heavy (non-hydrogen) atoms. The van der Waals surface area contributed by atoms with Crippen molar-refractivity contribution < 1.29 is 4.79 Å². The molecule has 0 aromatic carbocycles. The van der Waals surface area contributed by atoms with Gasteiger partial charge in [0, 0.05) is 11.4 Å². The Labute approximate surface area is 77.7 Å². The zero-order valence-electron chi connectivity index (χ0n) is 8.16. The van der Waals surface area contributed by atoms with Gasteiger partial charge in [-0.05, 0) is 32.9 Å². The molecule has 0 spiro atoms. The van der Waals surface area contributed by atoms with Crippen molar-refractivity contribution in [1.82, 2.24) is 4.68 Å². The maximum atomic E-state index is 11.3. The van der Waals surface area contributed by atoms with Crippen LogP contribution in [0.25, 0.3) is 0 Å². The summed E-state index contributed by atoms with van der Waals surface area (Å²) in [5.74, 6) is -0.178. The van der Waals surface area contributed by atoms with Crippen LogP contribution in [0.1, 0.15) is 18.3 Å². The quantitative estimate of drug-likeness (QED) is 0.699. The minimum atomic E-state index is -0.485. The minimum Gasteiger partial charge on any atom is -0.320 e. The van der Waals surface area contributed by atoms with Crippen LogP contribution >= 0.6 is 0 Å². The van der Waals surface area contributed by atoms with Crippen LogP contribution in [0.5, 0.6) is 0 Å². The first-order valence-corrected chi connectivity index (χ1v) is 4.23. The molecule has 0 aliphatic rings. The number of amides is 1. The Morgan fingerprint density at radius 1 is 1.46 bits per heavy atom. The Morgan fingerprint density at radius 3 is 2.31 bits per heavy atom. The Hall–Kier alpha value is -1.29. The number of carbonyl (C=O) groups is 1. The van der Waals surface area contributed by atoms with E-state index in [4.69, 9.17) is 5.73 Å². The predicted molar refractivity (Wildman–Crippen MR) is 51.9 cm³/mol. The monoisotopic (exact) mass is 181 g/mol. The van der Waals surface area contributed by atoms with Gasteiger partial charge < -0.3 is 5.73 Å². The summed E-state index contributed by atoms with van der Waals surface area (Å²) < 4.78 is 1.73. The highest BCUT2D eigenvalue weighted by Crippen LogP contribution is 2.03. The highest BCUT2D eigenvalue weighted by Gasteiger charge is 2.09. The van der Waals surface area contributed by atoms with Gasteiger partial charge >= 0.3 is 0 Å². The lowest BCUT2D eigenvalue weighted by Crippen LogP contribution is -2.37. The molecule has 0 radical (unpaired) electrons. The second-order valence-corrected chi connectivity index (χ2v) is 3.22. The SMILES string of the molecule is Cc1ccc(C)n1NC(=O)[C@H](C)N. The largest absolute Gasteiger partial charge is 0.320 e. The van der Waals surface area contributed by atoms with Crippen LogP contribution in [0.3, 0.4) is 0 Å². The molecule has 1 amide bonds. The van der Waals surface area contributed by atoms with Gasteiger partial charge in [-0.1, -0.05) is 0 Å². The topological polar surface area (TPSA) is 60.0 Å². The normalized spacial score (nSPS) is 12.6. The third-order valence-corrected chi connectivity index (χ3v) is 1.91. The molecule has 4 nitrogen and oxygen atoms in total. The van der Waals surface area contributed by atoms with Gasteiger partial charge in [0.1, 0.15) is 0 Å². The highest BCUT2D eigenvalue weighted by atomic mass is 16.2. The van der Waals surface area contributed by atoms with E-state index in [1.807, 2.05) is 26.0 Å². The molecule has 1 rings (SSSR count). The number of rotatable bonds is 2. The first-order valence-electron chi connectivity index (χ1n) is 4.23. The summed E-state index contributed by atoms with van der Waals surface area (Å²) in [7, 11) is 0. The second kappa shape index (κ2) is 3.62. The predicted octanol–water partition coefficient (Wildman–Crippen LogP) is 0.522. The van der Waals surface area contributed by atoms with Gasteiger partial charge in [-0.25, -0.2) is 0 Å². The Balaban J connectivity index is 2.79. The fraction of sp³-hybridized carbons (Fsp3) is 0.444. The standard InChI is InChI=1S/C9H15N3O/c1-6-4-5-7(2)12(6)11-9(13)8(3)10/h4-5,8H,10H2,1-3H3,(H,11,13)/t8-/m0/s1. The number of hydrogen-bond donors (Lipinski definition) is 2. The molecule has 0 fully saturated rings. The number of aryl methyl sites for hydroxylation is 2. The van der Waals surface area contributed by atoms with E-state index in [1.54, 1.807) is 11.6 Å². The molecule has 0 saturated carbocycles. The van der Waals surface area contributed by atoms with Crippen LogP contribution in [-0.4, -0.2) is 16.6 Å². The first kappa shape index (κ1) is 9.80. The van der Waals surface area contributed by atoms with Crippen LogP contribution < -0.4 is 11.2 Å². The van der Waals surface area contributed by atoms with E-state index in [2.05, 4.69) is 5.43 Å². The van der Waals surface area contributed by atoms with Crippen LogP contribution in [0.2, 0.25) is 0 Å². The summed E-state index contributed by atoms with van der Waals surface area (Å²) in [5, 5.41) is 0. The summed E-state index contributed by atoms with van der Waals surface area (Å²) in [4.78, 5) is 11.3. The lowest BCUT2D eigenvalue weighted by molar-refractivity contribution is -0.118. The fourth-order valence-electron chi connectivity index (χ4n) is 1.06. The number of nitrogens with zero attached hydrogens (tertiary/aromatic N) is 1. The summed E-state index contributed by atoms with van der Waals surface area (Å²) in [5.41, 5.74) is 10.1. The molecule has 3 N–H and O–H groups in total. The minimum absolute atomic E-state index is 0.178. The lowest BCUT2D eigenvalue weighted by Gasteiger charge is -2.12. The van der Waals surface area contributed by atoms with Crippen LogP contribution in [0, 0.1) is 13.8 Å². The van der Waals surface area contributed by atoms with Crippen molar-refractivity contribution in [3.8, 4) is 0 Å². The maximum Gasteiger partial charge on any atom is 0.255 e. The molecular weight excluding hydrogens is 166 g/mol. The second-order valence-electron chi connectivity index (χ2n) is 3.22. The van der Waals surface area contributed by atoms with Crippen LogP contribution in [-0.2, 0) is 4.79 Å². The lowest BCUT2D eigenvalue weighted by atomic mass is 10.3. The molecule has 4 heteroatoms. The molecule has 0 unspecified atom stereocenters. The molecule has 0 aliphatic carbocycles. The molecule has 1 aromatic rings. The zero-order chi connectivity index (χ0) is 10.0. The van der Waals surface area contributed by atoms with Gasteiger partial charge in [-0.15, -0.1) is 0 Å². The molecule has 0 aliphatic heterocycles. The fourth-order valence-corrected chi connectivity index (χ4v) is 1.06. The number of nitrogens with two attached hydrogens (primary N) is 1. The Kier molecular flexibility index (Phi) is 2.72. The van der Waals surface area contributed by atoms with Crippen molar-refractivity contribution in [3.05, 3.63) is 23.5 Å². The van der Waals surface area contributed by atoms with Crippen molar-refractivity contribution in [3.63, 3.8) is 0 Å². The van der Waals surface area contributed by atoms with Crippen molar-refractivity contribution in [1.29, 1.82) is 0 Å². The molecular formula is C9H15N3O. The Bertz CT molecular complexity index is 295. The molecule has 1 heterocycles. The third kappa shape index (κ3) is 2.09. The molecule has 1 atom stereocenters. The first-order chi connectivity index (χ1) is 6.02. The van der Waals surface area contributed by atoms with E-state index in [-0.39, 0.29) is 5.91 Å². The van der Waals surface area contributed by atoms with Crippen molar-refractivity contribution in [2.45, 2.75) is 26.8 Å². The van der Waals surface area contributed by atoms with E-state index in [1.165, 1.54) is 0 Å². The number of hydrogen-bond acceptors (Lipinski definition) is 2. The average molecular weight is 181 g/mol. The van der Waals surface area contributed by atoms with Gasteiger partial charge in [0.2, 0.25) is 0 Å². The summed E-state index contributed by atoms with van der Waals surface area (Å²) >= 11 is 0. The number of nitrogens with one attached hydrogen (secondary N) is 1. The van der Waals surface area contributed by atoms with E-state index >= 15 is 0 Å². The zero-order valence-corrected chi connectivity index (χ0v) is 8.16. The van der Waals surface area contributed by atoms with Gasteiger partial charge in [-0.3, -0.25) is 14.9 Å². The van der Waals surface area contributed by atoms with Gasteiger partial charge in [0.05, 0.1) is 6.04 Å². The van der Waals surface area contributed by atoms with E-state index in [9.17, 15) is 4.79 Å². The van der Waals surface area contributed by atoms with Gasteiger partial charge in [0.15, 0.2) is 0 Å². The highest BCUT2D eigenvalue weighted by molar-refractivity contribution is 5.88. The summed E-state index contributed by atoms with van der Waals surface area (Å²) in [6.07, 6.45) is 0. The van der Waals surface area contributed by atoms with Crippen LogP contribution in [0.15, 0.2) is 12.1 Å². The van der Waals surface area contributed by atoms with Gasteiger partial charge in [0.25, 0.3) is 5.91 Å². The summed E-state index contributed by atoms with van der Waals surface area (Å²) in [6, 6.07) is 3.40. The van der Waals surface area contributed by atoms with Gasteiger partial charge in [-0.2, -0.15) is 0 Å². The number of aromatic nitrogens is 1. The van der Waals surface area contributed by atoms with Crippen LogP contribution in [0.4, 0.5) is 0 Å². The average Bonchev–Trinajstić information content (AvgIpc) is 2.35. The Morgan fingerprint density at radius 2 is 1.92 bits per heavy atom. The smallest absolute Gasteiger partial charge is 0.255 e. The maximum absolute atomic E-state index is 11.3. The van der Waals surface area contributed by atoms with E-state index < -0.39 is 6.04 Å². The summed E-state index contributed by atoms with van der Waals surface area (Å²) in [6.45, 7) is 5.51. The van der Waals surface area contributed by atoms with E-state index in [0.29, 0.717) is 0 Å². The molecule has 1 aromatic heterocycles. The molecule has 72 valence electrons. The molecule has 0 saturated heterocycles. The van der Waals surface area contributed by atoms with Crippen molar-refractivity contribution >= 4 is 5.91 Å². The van der Waals surface area contributed by atoms with Crippen molar-refractivity contribution in [2.24, 2.45) is 5.73 Å². The molecule has 0 bridgehead atoms. The number of carbonyl (C=O) groups excluding carboxylic acids is 1.